The summed E-state index contributed by atoms with van der Waals surface area (Å²) in [6.45, 7) is 5.96. The first-order valence-electron chi connectivity index (χ1n) is 8.28. The van der Waals surface area contributed by atoms with Gasteiger partial charge in [-0.15, -0.1) is 0 Å². The molecule has 1 aromatic carbocycles. The van der Waals surface area contributed by atoms with E-state index in [0.29, 0.717) is 32.2 Å². The van der Waals surface area contributed by atoms with Crippen LogP contribution in [0, 0.1) is 5.92 Å². The average molecular weight is 330 g/mol. The number of ether oxygens (including phenoxy) is 1. The smallest absolute Gasteiger partial charge is 0.223 e. The molecule has 24 heavy (non-hydrogen) atoms. The maximum Gasteiger partial charge on any atom is 0.223 e. The van der Waals surface area contributed by atoms with Crippen LogP contribution in [0.25, 0.3) is 0 Å². The van der Waals surface area contributed by atoms with E-state index in [1.807, 2.05) is 24.3 Å². The predicted octanol–water partition coefficient (Wildman–Crippen LogP) is 1.44. The van der Waals surface area contributed by atoms with Crippen molar-refractivity contribution in [3.05, 3.63) is 42.5 Å². The molecule has 0 aromatic heterocycles. The van der Waals surface area contributed by atoms with Crippen LogP contribution >= 0.6 is 0 Å². The Labute approximate surface area is 143 Å². The molecule has 1 aromatic rings. The lowest BCUT2D eigenvalue weighted by molar-refractivity contribution is -0.122. The number of hydrogen-bond acceptors (Lipinski definition) is 3. The highest BCUT2D eigenvalue weighted by molar-refractivity contribution is 5.81. The molecular formula is C18H26N4O2. The lowest BCUT2D eigenvalue weighted by atomic mass is 10.2. The summed E-state index contributed by atoms with van der Waals surface area (Å²) in [5.74, 6) is 1.92. The molecule has 130 valence electrons. The van der Waals surface area contributed by atoms with Gasteiger partial charge in [-0.3, -0.25) is 9.79 Å². The minimum absolute atomic E-state index is 0.160. The van der Waals surface area contributed by atoms with Crippen molar-refractivity contribution in [1.82, 2.24) is 16.0 Å². The van der Waals surface area contributed by atoms with E-state index >= 15 is 0 Å². The third-order valence-electron chi connectivity index (χ3n) is 3.66. The molecule has 0 atom stereocenters. The third-order valence-corrected chi connectivity index (χ3v) is 3.66. The second kappa shape index (κ2) is 9.60. The van der Waals surface area contributed by atoms with Crippen LogP contribution in [0.3, 0.4) is 0 Å². The van der Waals surface area contributed by atoms with Crippen LogP contribution in [-0.2, 0) is 11.3 Å². The molecule has 0 heterocycles. The molecule has 1 saturated carbocycles. The number of nitrogens with one attached hydrogen (secondary N) is 3. The lowest BCUT2D eigenvalue weighted by Gasteiger charge is -2.14. The Morgan fingerprint density at radius 1 is 1.29 bits per heavy atom. The SMILES string of the molecule is C=CCOc1ccccc1CNC(=NC)NCCNC(=O)C1CC1. The highest BCUT2D eigenvalue weighted by atomic mass is 16.5. The fourth-order valence-electron chi connectivity index (χ4n) is 2.20. The Morgan fingerprint density at radius 3 is 2.75 bits per heavy atom. The minimum atomic E-state index is 0.160. The zero-order valence-corrected chi connectivity index (χ0v) is 14.2. The van der Waals surface area contributed by atoms with Crippen molar-refractivity contribution in [2.45, 2.75) is 19.4 Å². The number of benzene rings is 1. The van der Waals surface area contributed by atoms with Gasteiger partial charge >= 0.3 is 0 Å². The number of rotatable bonds is 9. The number of aliphatic imine (C=N–C) groups is 1. The first-order valence-corrected chi connectivity index (χ1v) is 8.28. The summed E-state index contributed by atoms with van der Waals surface area (Å²) in [6, 6.07) is 7.86. The van der Waals surface area contributed by atoms with Crippen LogP contribution in [0.5, 0.6) is 5.75 Å². The fraction of sp³-hybridized carbons (Fsp3) is 0.444. The maximum atomic E-state index is 11.5. The monoisotopic (exact) mass is 330 g/mol. The first-order chi connectivity index (χ1) is 11.7. The zero-order valence-electron chi connectivity index (χ0n) is 14.2. The average Bonchev–Trinajstić information content (AvgIpc) is 3.45. The van der Waals surface area contributed by atoms with Crippen LogP contribution in [0.15, 0.2) is 41.9 Å². The Hall–Kier alpha value is -2.50. The number of amides is 1. The number of nitrogens with zero attached hydrogens (tertiary/aromatic N) is 1. The Kier molecular flexibility index (Phi) is 7.14. The van der Waals surface area contributed by atoms with Gasteiger partial charge in [-0.2, -0.15) is 0 Å². The molecule has 1 amide bonds. The van der Waals surface area contributed by atoms with E-state index in [4.69, 9.17) is 4.74 Å². The molecule has 0 radical (unpaired) electrons. The molecule has 1 fully saturated rings. The topological polar surface area (TPSA) is 74.8 Å². The van der Waals surface area contributed by atoms with E-state index in [2.05, 4.69) is 27.5 Å². The molecule has 0 spiro atoms. The maximum absolute atomic E-state index is 11.5. The molecule has 0 aliphatic heterocycles. The molecule has 0 bridgehead atoms. The summed E-state index contributed by atoms with van der Waals surface area (Å²) in [5.41, 5.74) is 1.05. The largest absolute Gasteiger partial charge is 0.489 e. The molecule has 3 N–H and O–H groups in total. The van der Waals surface area contributed by atoms with Crippen molar-refractivity contribution in [1.29, 1.82) is 0 Å². The highest BCUT2D eigenvalue weighted by Crippen LogP contribution is 2.28. The number of para-hydroxylation sites is 1. The van der Waals surface area contributed by atoms with Crippen LogP contribution in [0.4, 0.5) is 0 Å². The molecule has 2 rings (SSSR count). The van der Waals surface area contributed by atoms with Gasteiger partial charge in [0.1, 0.15) is 12.4 Å². The Morgan fingerprint density at radius 2 is 2.04 bits per heavy atom. The van der Waals surface area contributed by atoms with Crippen molar-refractivity contribution < 1.29 is 9.53 Å². The van der Waals surface area contributed by atoms with Gasteiger partial charge in [0.2, 0.25) is 5.91 Å². The van der Waals surface area contributed by atoms with Crippen molar-refractivity contribution in [3.8, 4) is 5.75 Å². The Bertz CT molecular complexity index is 582. The molecule has 1 aliphatic carbocycles. The van der Waals surface area contributed by atoms with Crippen LogP contribution in [0.2, 0.25) is 0 Å². The van der Waals surface area contributed by atoms with E-state index in [0.717, 1.165) is 24.2 Å². The Balaban J connectivity index is 1.72. The first kappa shape index (κ1) is 17.8. The van der Waals surface area contributed by atoms with Crippen LogP contribution in [0.1, 0.15) is 18.4 Å². The fourth-order valence-corrected chi connectivity index (χ4v) is 2.20. The van der Waals surface area contributed by atoms with Crippen molar-refractivity contribution >= 4 is 11.9 Å². The minimum Gasteiger partial charge on any atom is -0.489 e. The third kappa shape index (κ3) is 5.95. The van der Waals surface area contributed by atoms with E-state index in [1.165, 1.54) is 0 Å². The van der Waals surface area contributed by atoms with Crippen molar-refractivity contribution in [2.75, 3.05) is 26.7 Å². The number of carbonyl (C=O) groups excluding carboxylic acids is 1. The standard InChI is InChI=1S/C18H26N4O2/c1-3-12-24-16-7-5-4-6-15(16)13-22-18(19-2)21-11-10-20-17(23)14-8-9-14/h3-7,14H,1,8-13H2,2H3,(H,20,23)(H2,19,21,22). The van der Waals surface area contributed by atoms with Gasteiger partial charge < -0.3 is 20.7 Å². The van der Waals surface area contributed by atoms with Gasteiger partial charge in [-0.25, -0.2) is 0 Å². The number of carbonyl (C=O) groups is 1. The van der Waals surface area contributed by atoms with Gasteiger partial charge in [0, 0.05) is 38.2 Å². The van der Waals surface area contributed by atoms with Gasteiger partial charge in [0.05, 0.1) is 0 Å². The summed E-state index contributed by atoms with van der Waals surface area (Å²) < 4.78 is 5.64. The molecule has 0 saturated heterocycles. The summed E-state index contributed by atoms with van der Waals surface area (Å²) >= 11 is 0. The molecular weight excluding hydrogens is 304 g/mol. The summed E-state index contributed by atoms with van der Waals surface area (Å²) in [7, 11) is 1.72. The molecule has 6 nitrogen and oxygen atoms in total. The van der Waals surface area contributed by atoms with Crippen LogP contribution in [-0.4, -0.2) is 38.6 Å². The van der Waals surface area contributed by atoms with Gasteiger partial charge in [-0.1, -0.05) is 30.9 Å². The van der Waals surface area contributed by atoms with E-state index in [9.17, 15) is 4.79 Å². The summed E-state index contributed by atoms with van der Waals surface area (Å²) in [6.07, 6.45) is 3.77. The van der Waals surface area contributed by atoms with Gasteiger partial charge in [0.15, 0.2) is 5.96 Å². The second-order valence-corrected chi connectivity index (χ2v) is 5.63. The van der Waals surface area contributed by atoms with E-state index < -0.39 is 0 Å². The van der Waals surface area contributed by atoms with Gasteiger partial charge in [0.25, 0.3) is 0 Å². The normalized spacial score (nSPS) is 14.0. The summed E-state index contributed by atoms with van der Waals surface area (Å²) in [4.78, 5) is 15.7. The summed E-state index contributed by atoms with van der Waals surface area (Å²) in [5, 5.41) is 9.35. The van der Waals surface area contributed by atoms with E-state index in [1.54, 1.807) is 13.1 Å². The van der Waals surface area contributed by atoms with Crippen LogP contribution < -0.4 is 20.7 Å². The molecule has 1 aliphatic rings. The highest BCUT2D eigenvalue weighted by Gasteiger charge is 2.28. The van der Waals surface area contributed by atoms with Gasteiger partial charge in [-0.05, 0) is 18.9 Å². The second-order valence-electron chi connectivity index (χ2n) is 5.63. The zero-order chi connectivity index (χ0) is 17.2. The number of hydrogen-bond donors (Lipinski definition) is 3. The van der Waals surface area contributed by atoms with E-state index in [-0.39, 0.29) is 11.8 Å². The molecule has 6 heteroatoms. The van der Waals surface area contributed by atoms with Crippen molar-refractivity contribution in [3.63, 3.8) is 0 Å². The predicted molar refractivity (Wildman–Crippen MR) is 96.1 cm³/mol. The quantitative estimate of drug-likeness (QED) is 0.277. The molecule has 0 unspecified atom stereocenters. The number of guanidine groups is 1. The lowest BCUT2D eigenvalue weighted by Crippen LogP contribution is -2.41. The van der Waals surface area contributed by atoms with Crippen molar-refractivity contribution in [2.24, 2.45) is 10.9 Å².